The van der Waals surface area contributed by atoms with E-state index >= 15 is 0 Å². The highest BCUT2D eigenvalue weighted by Crippen LogP contribution is 2.33. The second-order valence-electron chi connectivity index (χ2n) is 5.28. The average molecular weight is 389 g/mol. The van der Waals surface area contributed by atoms with Crippen molar-refractivity contribution in [2.75, 3.05) is 12.1 Å². The van der Waals surface area contributed by atoms with E-state index in [4.69, 9.17) is 9.47 Å². The summed E-state index contributed by atoms with van der Waals surface area (Å²) in [5.74, 6) is 1.03. The lowest BCUT2D eigenvalue weighted by atomic mass is 10.2. The summed E-state index contributed by atoms with van der Waals surface area (Å²) in [5, 5.41) is 11.0. The molecule has 0 atom stereocenters. The van der Waals surface area contributed by atoms with Gasteiger partial charge in [0.15, 0.2) is 15.8 Å². The van der Waals surface area contributed by atoms with Crippen LogP contribution in [0.2, 0.25) is 0 Å². The highest BCUT2D eigenvalue weighted by molar-refractivity contribution is 8.00. The summed E-state index contributed by atoms with van der Waals surface area (Å²) in [5.41, 5.74) is 1.03. The average Bonchev–Trinajstić information content (AvgIpc) is 3.29. The van der Waals surface area contributed by atoms with E-state index in [1.807, 2.05) is 0 Å². The van der Waals surface area contributed by atoms with Gasteiger partial charge in [-0.25, -0.2) is 4.39 Å². The molecule has 1 aliphatic rings. The van der Waals surface area contributed by atoms with Crippen LogP contribution in [0.1, 0.15) is 15.9 Å². The second kappa shape index (κ2) is 7.30. The van der Waals surface area contributed by atoms with Gasteiger partial charge in [-0.1, -0.05) is 41.3 Å². The first-order chi connectivity index (χ1) is 12.7. The lowest BCUT2D eigenvalue weighted by Crippen LogP contribution is -2.11. The van der Waals surface area contributed by atoms with E-state index in [9.17, 15) is 9.18 Å². The Morgan fingerprint density at radius 2 is 2.04 bits per heavy atom. The van der Waals surface area contributed by atoms with Gasteiger partial charge in [-0.3, -0.25) is 10.1 Å². The third-order valence-corrected chi connectivity index (χ3v) is 5.59. The van der Waals surface area contributed by atoms with Gasteiger partial charge in [0.2, 0.25) is 11.9 Å². The van der Waals surface area contributed by atoms with Gasteiger partial charge in [-0.2, -0.15) is 0 Å². The number of halogens is 1. The molecule has 0 aliphatic carbocycles. The number of hydrogen-bond donors (Lipinski definition) is 1. The Kier molecular flexibility index (Phi) is 4.72. The lowest BCUT2D eigenvalue weighted by molar-refractivity contribution is 0.102. The number of ether oxygens (including phenoxy) is 2. The Balaban J connectivity index is 1.39. The molecule has 0 saturated heterocycles. The molecule has 1 N–H and O–H groups in total. The van der Waals surface area contributed by atoms with Crippen molar-refractivity contribution < 1.29 is 18.7 Å². The van der Waals surface area contributed by atoms with Crippen LogP contribution in [-0.4, -0.2) is 22.9 Å². The van der Waals surface area contributed by atoms with Crippen molar-refractivity contribution in [1.29, 1.82) is 0 Å². The summed E-state index contributed by atoms with van der Waals surface area (Å²) < 4.78 is 24.8. The van der Waals surface area contributed by atoms with Crippen molar-refractivity contribution in [3.63, 3.8) is 0 Å². The second-order valence-corrected chi connectivity index (χ2v) is 7.48. The molecule has 2 aromatic carbocycles. The summed E-state index contributed by atoms with van der Waals surface area (Å²) >= 11 is 2.60. The number of thioether (sulfide) groups is 1. The molecule has 0 saturated carbocycles. The number of fused-ring (bicyclic) bond motifs is 1. The van der Waals surface area contributed by atoms with Crippen LogP contribution < -0.4 is 14.8 Å². The fourth-order valence-corrected chi connectivity index (χ4v) is 4.01. The van der Waals surface area contributed by atoms with Gasteiger partial charge in [-0.15, -0.1) is 10.2 Å². The first kappa shape index (κ1) is 16.8. The number of aromatic nitrogens is 2. The number of nitrogens with one attached hydrogen (secondary N) is 1. The Bertz CT molecular complexity index is 964. The highest BCUT2D eigenvalue weighted by Gasteiger charge is 2.17. The molecular weight excluding hydrogens is 377 g/mol. The van der Waals surface area contributed by atoms with Crippen molar-refractivity contribution in [2.45, 2.75) is 10.1 Å². The molecule has 1 aromatic heterocycles. The number of benzene rings is 2. The minimum absolute atomic E-state index is 0.152. The number of rotatable bonds is 5. The van der Waals surface area contributed by atoms with E-state index in [0.29, 0.717) is 37.8 Å². The van der Waals surface area contributed by atoms with Gasteiger partial charge in [0, 0.05) is 11.3 Å². The predicted octanol–water partition coefficient (Wildman–Crippen LogP) is 3.95. The third kappa shape index (κ3) is 3.63. The molecule has 1 aliphatic heterocycles. The van der Waals surface area contributed by atoms with Gasteiger partial charge in [0.25, 0.3) is 5.91 Å². The van der Waals surface area contributed by atoms with Crippen molar-refractivity contribution in [3.8, 4) is 11.5 Å². The van der Waals surface area contributed by atoms with E-state index in [2.05, 4.69) is 15.5 Å². The Morgan fingerprint density at radius 3 is 2.92 bits per heavy atom. The molecule has 1 amide bonds. The van der Waals surface area contributed by atoms with Gasteiger partial charge in [0.1, 0.15) is 5.82 Å². The van der Waals surface area contributed by atoms with Gasteiger partial charge in [-0.05, 0) is 29.8 Å². The Morgan fingerprint density at radius 1 is 1.19 bits per heavy atom. The molecule has 0 spiro atoms. The molecule has 4 rings (SSSR count). The van der Waals surface area contributed by atoms with Crippen LogP contribution >= 0.6 is 23.1 Å². The fraction of sp³-hybridized carbons (Fsp3) is 0.118. The summed E-state index contributed by atoms with van der Waals surface area (Å²) in [6, 6.07) is 11.5. The molecule has 6 nitrogen and oxygen atoms in total. The SMILES string of the molecule is O=C(Nc1nnc(SCc2ccccc2F)s1)c1ccc2c(c1)OCO2. The van der Waals surface area contributed by atoms with E-state index in [-0.39, 0.29) is 18.5 Å². The highest BCUT2D eigenvalue weighted by atomic mass is 32.2. The van der Waals surface area contributed by atoms with Crippen LogP contribution in [0, 0.1) is 5.82 Å². The van der Waals surface area contributed by atoms with Gasteiger partial charge >= 0.3 is 0 Å². The summed E-state index contributed by atoms with van der Waals surface area (Å²) in [4.78, 5) is 12.3. The molecule has 2 heterocycles. The van der Waals surface area contributed by atoms with Crippen molar-refractivity contribution >= 4 is 34.1 Å². The molecule has 9 heteroatoms. The quantitative estimate of drug-likeness (QED) is 0.526. The molecule has 0 unspecified atom stereocenters. The molecule has 0 fully saturated rings. The zero-order chi connectivity index (χ0) is 17.9. The molecule has 3 aromatic rings. The van der Waals surface area contributed by atoms with Crippen molar-refractivity contribution in [2.24, 2.45) is 0 Å². The monoisotopic (exact) mass is 389 g/mol. The number of hydrogen-bond acceptors (Lipinski definition) is 7. The number of carbonyl (C=O) groups is 1. The summed E-state index contributed by atoms with van der Waals surface area (Å²) in [6.45, 7) is 0.152. The van der Waals surface area contributed by atoms with E-state index in [1.54, 1.807) is 36.4 Å². The van der Waals surface area contributed by atoms with Crippen molar-refractivity contribution in [1.82, 2.24) is 10.2 Å². The molecule has 132 valence electrons. The number of anilines is 1. The standard InChI is InChI=1S/C17H12FN3O3S2/c18-12-4-2-1-3-11(12)8-25-17-21-20-16(26-17)19-15(22)10-5-6-13-14(7-10)24-9-23-13/h1-7H,8-9H2,(H,19,20,22). The first-order valence-corrected chi connectivity index (χ1v) is 9.40. The van der Waals surface area contributed by atoms with Gasteiger partial charge in [0.05, 0.1) is 0 Å². The smallest absolute Gasteiger partial charge is 0.257 e. The zero-order valence-corrected chi connectivity index (χ0v) is 14.9. The molecule has 26 heavy (non-hydrogen) atoms. The van der Waals surface area contributed by atoms with Crippen LogP contribution in [0.15, 0.2) is 46.8 Å². The van der Waals surface area contributed by atoms with Crippen LogP contribution in [-0.2, 0) is 5.75 Å². The first-order valence-electron chi connectivity index (χ1n) is 7.60. The fourth-order valence-electron chi connectivity index (χ4n) is 2.28. The molecule has 0 bridgehead atoms. The summed E-state index contributed by atoms with van der Waals surface area (Å²) in [7, 11) is 0. The normalized spacial score (nSPS) is 12.2. The third-order valence-electron chi connectivity index (χ3n) is 3.57. The maximum atomic E-state index is 13.6. The van der Waals surface area contributed by atoms with E-state index in [1.165, 1.54) is 29.2 Å². The van der Waals surface area contributed by atoms with E-state index in [0.717, 1.165) is 0 Å². The van der Waals surface area contributed by atoms with Crippen LogP contribution in [0.3, 0.4) is 0 Å². The maximum absolute atomic E-state index is 13.6. The Hall–Kier alpha value is -2.65. The minimum atomic E-state index is -0.315. The topological polar surface area (TPSA) is 73.3 Å². The minimum Gasteiger partial charge on any atom is -0.454 e. The molecular formula is C17H12FN3O3S2. The van der Waals surface area contributed by atoms with E-state index < -0.39 is 0 Å². The van der Waals surface area contributed by atoms with Crippen LogP contribution in [0.25, 0.3) is 0 Å². The maximum Gasteiger partial charge on any atom is 0.257 e. The number of carbonyl (C=O) groups excluding carboxylic acids is 1. The number of nitrogens with zero attached hydrogens (tertiary/aromatic N) is 2. The zero-order valence-electron chi connectivity index (χ0n) is 13.3. The summed E-state index contributed by atoms with van der Waals surface area (Å²) in [6.07, 6.45) is 0. The lowest BCUT2D eigenvalue weighted by Gasteiger charge is -2.02. The van der Waals surface area contributed by atoms with Crippen LogP contribution in [0.4, 0.5) is 9.52 Å². The predicted molar refractivity (Wildman–Crippen MR) is 96.4 cm³/mol. The molecule has 0 radical (unpaired) electrons. The number of amides is 1. The Labute approximate surface area is 156 Å². The largest absolute Gasteiger partial charge is 0.454 e. The van der Waals surface area contributed by atoms with Gasteiger partial charge < -0.3 is 9.47 Å². The van der Waals surface area contributed by atoms with Crippen LogP contribution in [0.5, 0.6) is 11.5 Å². The van der Waals surface area contributed by atoms with Crippen molar-refractivity contribution in [3.05, 3.63) is 59.4 Å².